The Balaban J connectivity index is 2.61. The first kappa shape index (κ1) is 13.1. The zero-order valence-electron chi connectivity index (χ0n) is 11.1. The third kappa shape index (κ3) is 2.57. The first-order chi connectivity index (χ1) is 9.02. The molecule has 0 spiro atoms. The van der Waals surface area contributed by atoms with E-state index in [4.69, 9.17) is 4.74 Å². The fourth-order valence-electron chi connectivity index (χ4n) is 2.08. The number of rotatable bonds is 3. The standard InChI is InChI=1S/C15H15NO3/c1-9-6-10(2)13(15(17)18)8-12(9)11-4-5-16-14(7-11)19-3/h4-8H,1-3H3,(H,17,18). The van der Waals surface area contributed by atoms with Gasteiger partial charge in [0, 0.05) is 12.3 Å². The predicted molar refractivity (Wildman–Crippen MR) is 72.7 cm³/mol. The van der Waals surface area contributed by atoms with Crippen molar-refractivity contribution < 1.29 is 14.6 Å². The van der Waals surface area contributed by atoms with E-state index in [1.165, 1.54) is 0 Å². The Labute approximate surface area is 111 Å². The summed E-state index contributed by atoms with van der Waals surface area (Å²) in [5.41, 5.74) is 3.87. The normalized spacial score (nSPS) is 10.3. The number of carbonyl (C=O) groups is 1. The number of carboxylic acid groups (broad SMARTS) is 1. The molecule has 4 nitrogen and oxygen atoms in total. The minimum Gasteiger partial charge on any atom is -0.481 e. The van der Waals surface area contributed by atoms with Gasteiger partial charge in [0.2, 0.25) is 5.88 Å². The molecule has 1 aromatic carbocycles. The van der Waals surface area contributed by atoms with Gasteiger partial charge in [0.25, 0.3) is 0 Å². The number of benzene rings is 1. The average Bonchev–Trinajstić information content (AvgIpc) is 2.38. The highest BCUT2D eigenvalue weighted by Gasteiger charge is 2.12. The van der Waals surface area contributed by atoms with Gasteiger partial charge in [0.05, 0.1) is 12.7 Å². The number of aromatic carboxylic acids is 1. The molecule has 98 valence electrons. The van der Waals surface area contributed by atoms with Gasteiger partial charge in [-0.3, -0.25) is 0 Å². The number of aromatic nitrogens is 1. The molecule has 2 rings (SSSR count). The van der Waals surface area contributed by atoms with Crippen molar-refractivity contribution in [3.8, 4) is 17.0 Å². The van der Waals surface area contributed by atoms with Crippen molar-refractivity contribution in [2.75, 3.05) is 7.11 Å². The highest BCUT2D eigenvalue weighted by Crippen LogP contribution is 2.28. The summed E-state index contributed by atoms with van der Waals surface area (Å²) in [7, 11) is 1.55. The van der Waals surface area contributed by atoms with E-state index in [2.05, 4.69) is 4.98 Å². The SMILES string of the molecule is COc1cc(-c2cc(C(=O)O)c(C)cc2C)ccn1. The van der Waals surface area contributed by atoms with Crippen LogP contribution in [-0.2, 0) is 0 Å². The fraction of sp³-hybridized carbons (Fsp3) is 0.200. The quantitative estimate of drug-likeness (QED) is 0.918. The Morgan fingerprint density at radius 2 is 1.95 bits per heavy atom. The molecule has 0 aliphatic rings. The lowest BCUT2D eigenvalue weighted by Gasteiger charge is -2.10. The third-order valence-electron chi connectivity index (χ3n) is 3.06. The van der Waals surface area contributed by atoms with Crippen LogP contribution in [0.5, 0.6) is 5.88 Å². The molecule has 0 radical (unpaired) electrons. The minimum absolute atomic E-state index is 0.316. The van der Waals surface area contributed by atoms with Crippen molar-refractivity contribution in [3.63, 3.8) is 0 Å². The van der Waals surface area contributed by atoms with E-state index in [-0.39, 0.29) is 0 Å². The Morgan fingerprint density at radius 3 is 2.58 bits per heavy atom. The van der Waals surface area contributed by atoms with Crippen molar-refractivity contribution in [1.29, 1.82) is 0 Å². The first-order valence-electron chi connectivity index (χ1n) is 5.88. The molecule has 19 heavy (non-hydrogen) atoms. The van der Waals surface area contributed by atoms with Gasteiger partial charge in [-0.15, -0.1) is 0 Å². The van der Waals surface area contributed by atoms with Crippen LogP contribution in [-0.4, -0.2) is 23.2 Å². The summed E-state index contributed by atoms with van der Waals surface area (Å²) < 4.78 is 5.09. The molecule has 0 aliphatic heterocycles. The second kappa shape index (κ2) is 5.10. The van der Waals surface area contributed by atoms with Crippen molar-refractivity contribution in [1.82, 2.24) is 4.98 Å². The number of carboxylic acids is 1. The average molecular weight is 257 g/mol. The second-order valence-electron chi connectivity index (χ2n) is 4.37. The molecule has 0 fully saturated rings. The molecule has 1 N–H and O–H groups in total. The third-order valence-corrected chi connectivity index (χ3v) is 3.06. The highest BCUT2D eigenvalue weighted by atomic mass is 16.5. The summed E-state index contributed by atoms with van der Waals surface area (Å²) in [6, 6.07) is 7.21. The highest BCUT2D eigenvalue weighted by molar-refractivity contribution is 5.91. The van der Waals surface area contributed by atoms with Crippen LogP contribution >= 0.6 is 0 Å². The lowest BCUT2D eigenvalue weighted by Crippen LogP contribution is -2.01. The molecule has 0 atom stereocenters. The van der Waals surface area contributed by atoms with Gasteiger partial charge in [-0.05, 0) is 48.2 Å². The molecule has 1 heterocycles. The van der Waals surface area contributed by atoms with Gasteiger partial charge in [-0.2, -0.15) is 0 Å². The van der Waals surface area contributed by atoms with Gasteiger partial charge < -0.3 is 9.84 Å². The van der Waals surface area contributed by atoms with E-state index < -0.39 is 5.97 Å². The van der Waals surface area contributed by atoms with Crippen LogP contribution in [0, 0.1) is 13.8 Å². The smallest absolute Gasteiger partial charge is 0.335 e. The monoisotopic (exact) mass is 257 g/mol. The van der Waals surface area contributed by atoms with E-state index in [9.17, 15) is 9.90 Å². The van der Waals surface area contributed by atoms with Gasteiger partial charge in [0.15, 0.2) is 0 Å². The van der Waals surface area contributed by atoms with Crippen LogP contribution in [0.2, 0.25) is 0 Å². The number of nitrogens with zero attached hydrogens (tertiary/aromatic N) is 1. The van der Waals surface area contributed by atoms with Crippen molar-refractivity contribution in [3.05, 3.63) is 47.2 Å². The van der Waals surface area contributed by atoms with Crippen LogP contribution in [0.15, 0.2) is 30.5 Å². The zero-order valence-corrected chi connectivity index (χ0v) is 11.1. The molecule has 1 aromatic heterocycles. The topological polar surface area (TPSA) is 59.4 Å². The summed E-state index contributed by atoms with van der Waals surface area (Å²) >= 11 is 0. The van der Waals surface area contributed by atoms with E-state index in [0.29, 0.717) is 11.4 Å². The molecule has 0 aliphatic carbocycles. The lowest BCUT2D eigenvalue weighted by molar-refractivity contribution is 0.0696. The lowest BCUT2D eigenvalue weighted by atomic mass is 9.95. The van der Waals surface area contributed by atoms with Crippen LogP contribution in [0.4, 0.5) is 0 Å². The summed E-state index contributed by atoms with van der Waals surface area (Å²) in [4.78, 5) is 15.3. The number of ether oxygens (including phenoxy) is 1. The fourth-order valence-corrected chi connectivity index (χ4v) is 2.08. The Bertz CT molecular complexity index is 635. The van der Waals surface area contributed by atoms with Crippen molar-refractivity contribution >= 4 is 5.97 Å². The summed E-state index contributed by atoms with van der Waals surface area (Å²) in [6.45, 7) is 3.76. The number of hydrogen-bond donors (Lipinski definition) is 1. The summed E-state index contributed by atoms with van der Waals surface area (Å²) in [5.74, 6) is -0.408. The number of methoxy groups -OCH3 is 1. The van der Waals surface area contributed by atoms with E-state index in [1.54, 1.807) is 32.4 Å². The summed E-state index contributed by atoms with van der Waals surface area (Å²) in [5, 5.41) is 9.19. The number of aryl methyl sites for hydroxylation is 2. The first-order valence-corrected chi connectivity index (χ1v) is 5.88. The van der Waals surface area contributed by atoms with Crippen LogP contribution in [0.1, 0.15) is 21.5 Å². The van der Waals surface area contributed by atoms with Gasteiger partial charge in [-0.25, -0.2) is 9.78 Å². The maximum absolute atomic E-state index is 11.2. The molecular formula is C15H15NO3. The van der Waals surface area contributed by atoms with Crippen molar-refractivity contribution in [2.24, 2.45) is 0 Å². The molecule has 0 unspecified atom stereocenters. The van der Waals surface area contributed by atoms with Gasteiger partial charge in [-0.1, -0.05) is 6.07 Å². The summed E-state index contributed by atoms with van der Waals surface area (Å²) in [6.07, 6.45) is 1.65. The van der Waals surface area contributed by atoms with Crippen LogP contribution in [0.25, 0.3) is 11.1 Å². The predicted octanol–water partition coefficient (Wildman–Crippen LogP) is 3.07. The Hall–Kier alpha value is -2.36. The van der Waals surface area contributed by atoms with E-state index >= 15 is 0 Å². The number of pyridine rings is 1. The molecule has 0 saturated carbocycles. The van der Waals surface area contributed by atoms with Crippen molar-refractivity contribution in [2.45, 2.75) is 13.8 Å². The minimum atomic E-state index is -0.917. The molecule has 0 saturated heterocycles. The maximum Gasteiger partial charge on any atom is 0.335 e. The molecule has 0 bridgehead atoms. The largest absolute Gasteiger partial charge is 0.481 e. The second-order valence-corrected chi connectivity index (χ2v) is 4.37. The van der Waals surface area contributed by atoms with Crippen LogP contribution in [0.3, 0.4) is 0 Å². The molecular weight excluding hydrogens is 242 g/mol. The molecule has 4 heteroatoms. The number of hydrogen-bond acceptors (Lipinski definition) is 3. The Kier molecular flexibility index (Phi) is 3.51. The van der Waals surface area contributed by atoms with E-state index in [0.717, 1.165) is 22.3 Å². The van der Waals surface area contributed by atoms with E-state index in [1.807, 2.05) is 19.1 Å². The van der Waals surface area contributed by atoms with Gasteiger partial charge >= 0.3 is 5.97 Å². The van der Waals surface area contributed by atoms with Crippen LogP contribution < -0.4 is 4.74 Å². The Morgan fingerprint density at radius 1 is 1.21 bits per heavy atom. The molecule has 2 aromatic rings. The molecule has 0 amide bonds. The van der Waals surface area contributed by atoms with Gasteiger partial charge in [0.1, 0.15) is 0 Å². The zero-order chi connectivity index (χ0) is 14.0. The maximum atomic E-state index is 11.2.